The zero-order valence-electron chi connectivity index (χ0n) is 13.0. The summed E-state index contributed by atoms with van der Waals surface area (Å²) in [7, 11) is 0. The highest BCUT2D eigenvalue weighted by atomic mass is 16.4. The van der Waals surface area contributed by atoms with E-state index in [1.165, 1.54) is 11.3 Å². The molecule has 0 radical (unpaired) electrons. The van der Waals surface area contributed by atoms with Crippen LogP contribution in [0, 0.1) is 11.3 Å². The van der Waals surface area contributed by atoms with Crippen molar-refractivity contribution in [3.63, 3.8) is 0 Å². The number of fused-ring (bicyclic) bond motifs is 3. The van der Waals surface area contributed by atoms with Crippen LogP contribution in [0.5, 0.6) is 0 Å². The predicted octanol–water partition coefficient (Wildman–Crippen LogP) is 0.815. The van der Waals surface area contributed by atoms with Crippen molar-refractivity contribution in [2.75, 3.05) is 0 Å². The Bertz CT molecular complexity index is 849. The number of aromatic amines is 1. The Balaban J connectivity index is 0.000000162. The Morgan fingerprint density at radius 2 is 2.17 bits per heavy atom. The molecule has 1 aromatic heterocycles. The molecule has 4 rings (SSSR count). The summed E-state index contributed by atoms with van der Waals surface area (Å²) in [6, 6.07) is 7.52. The first-order valence-corrected chi connectivity index (χ1v) is 7.79. The SMILES string of the molecule is N#Cc1ccc2[nH]c3c(c2c1)C[C@@H](N)C3.O=C1CC[C@@H](C(=O)O)N1. The Kier molecular flexibility index (Phi) is 4.23. The lowest BCUT2D eigenvalue weighted by Gasteiger charge is -1.99. The standard InChI is InChI=1S/C12H11N3.C5H7NO3/c13-6-7-1-2-11-9(3-7)10-4-8(14)5-12(10)15-11;7-4-2-1-3(6-4)5(8)9/h1-3,8,15H,4-5,14H2;3H,1-2H2,(H,6,7)(H,8,9)/t8-;3-/m10/s1. The number of aromatic nitrogens is 1. The van der Waals surface area contributed by atoms with Crippen LogP contribution >= 0.6 is 0 Å². The van der Waals surface area contributed by atoms with Crippen molar-refractivity contribution in [2.24, 2.45) is 5.73 Å². The van der Waals surface area contributed by atoms with Gasteiger partial charge in [0.05, 0.1) is 11.6 Å². The number of nitrogens with two attached hydrogens (primary N) is 1. The van der Waals surface area contributed by atoms with Crippen LogP contribution in [0.4, 0.5) is 0 Å². The molecule has 0 spiro atoms. The first kappa shape index (κ1) is 16.0. The summed E-state index contributed by atoms with van der Waals surface area (Å²) in [5.41, 5.74) is 10.3. The van der Waals surface area contributed by atoms with Gasteiger partial charge in [-0.3, -0.25) is 4.79 Å². The number of nitrogens with zero attached hydrogens (tertiary/aromatic N) is 1. The van der Waals surface area contributed by atoms with Gasteiger partial charge < -0.3 is 21.1 Å². The van der Waals surface area contributed by atoms with Gasteiger partial charge in [0.2, 0.25) is 5.91 Å². The number of carbonyl (C=O) groups excluding carboxylic acids is 1. The lowest BCUT2D eigenvalue weighted by molar-refractivity contribution is -0.140. The normalized spacial score (nSPS) is 21.6. The van der Waals surface area contributed by atoms with Gasteiger partial charge in [-0.05, 0) is 36.6 Å². The topological polar surface area (TPSA) is 132 Å². The van der Waals surface area contributed by atoms with Crippen LogP contribution in [0.2, 0.25) is 0 Å². The lowest BCUT2D eigenvalue weighted by Crippen LogP contribution is -2.32. The molecule has 0 unspecified atom stereocenters. The molecule has 7 nitrogen and oxygen atoms in total. The zero-order chi connectivity index (χ0) is 17.3. The minimum Gasteiger partial charge on any atom is -0.480 e. The van der Waals surface area contributed by atoms with Gasteiger partial charge in [0.25, 0.3) is 0 Å². The fourth-order valence-electron chi connectivity index (χ4n) is 3.18. The van der Waals surface area contributed by atoms with Crippen LogP contribution in [0.25, 0.3) is 10.9 Å². The number of nitrogens with one attached hydrogen (secondary N) is 2. The van der Waals surface area contributed by atoms with Crippen LogP contribution < -0.4 is 11.1 Å². The van der Waals surface area contributed by atoms with Crippen molar-refractivity contribution in [3.05, 3.63) is 35.0 Å². The van der Waals surface area contributed by atoms with Crippen molar-refractivity contribution in [3.8, 4) is 6.07 Å². The summed E-state index contributed by atoms with van der Waals surface area (Å²) in [5.74, 6) is -1.11. The largest absolute Gasteiger partial charge is 0.480 e. The van der Waals surface area contributed by atoms with Gasteiger partial charge in [0.15, 0.2) is 0 Å². The summed E-state index contributed by atoms with van der Waals surface area (Å²) in [5, 5.41) is 20.6. The second kappa shape index (κ2) is 6.34. The van der Waals surface area contributed by atoms with Crippen molar-refractivity contribution in [1.82, 2.24) is 10.3 Å². The molecule has 1 aliphatic carbocycles. The summed E-state index contributed by atoms with van der Waals surface area (Å²) in [4.78, 5) is 23.9. The number of carboxylic acids is 1. The molecular formula is C17H18N4O3. The smallest absolute Gasteiger partial charge is 0.326 e. The number of hydrogen-bond acceptors (Lipinski definition) is 4. The third kappa shape index (κ3) is 3.09. The maximum atomic E-state index is 10.4. The number of benzene rings is 1. The van der Waals surface area contributed by atoms with E-state index in [-0.39, 0.29) is 11.9 Å². The number of nitriles is 1. The Labute approximate surface area is 138 Å². The molecule has 24 heavy (non-hydrogen) atoms. The first-order chi connectivity index (χ1) is 11.5. The Morgan fingerprint density at radius 3 is 2.75 bits per heavy atom. The van der Waals surface area contributed by atoms with E-state index in [9.17, 15) is 9.59 Å². The van der Waals surface area contributed by atoms with Gasteiger partial charge in [-0.1, -0.05) is 0 Å². The third-order valence-electron chi connectivity index (χ3n) is 4.35. The highest BCUT2D eigenvalue weighted by molar-refractivity contribution is 5.87. The van der Waals surface area contributed by atoms with Gasteiger partial charge in [0.1, 0.15) is 6.04 Å². The van der Waals surface area contributed by atoms with E-state index in [4.69, 9.17) is 16.1 Å². The van der Waals surface area contributed by atoms with Crippen LogP contribution in [-0.4, -0.2) is 34.1 Å². The molecule has 2 aliphatic rings. The molecule has 2 aromatic rings. The van der Waals surface area contributed by atoms with E-state index in [2.05, 4.69) is 16.4 Å². The third-order valence-corrected chi connectivity index (χ3v) is 4.35. The number of H-pyrrole nitrogens is 1. The molecule has 0 bridgehead atoms. The first-order valence-electron chi connectivity index (χ1n) is 7.79. The summed E-state index contributed by atoms with van der Waals surface area (Å²) >= 11 is 0. The van der Waals surface area contributed by atoms with E-state index < -0.39 is 12.0 Å². The minimum absolute atomic E-state index is 0.164. The molecule has 1 amide bonds. The second-order valence-corrected chi connectivity index (χ2v) is 6.12. The Hall–Kier alpha value is -2.85. The summed E-state index contributed by atoms with van der Waals surface area (Å²) < 4.78 is 0. The number of aliphatic carboxylic acids is 1. The predicted molar refractivity (Wildman–Crippen MR) is 87.2 cm³/mol. The Morgan fingerprint density at radius 1 is 1.38 bits per heavy atom. The zero-order valence-corrected chi connectivity index (χ0v) is 13.0. The quantitative estimate of drug-likeness (QED) is 0.616. The second-order valence-electron chi connectivity index (χ2n) is 6.12. The van der Waals surface area contributed by atoms with Crippen molar-refractivity contribution in [1.29, 1.82) is 5.26 Å². The molecule has 1 saturated heterocycles. The lowest BCUT2D eigenvalue weighted by atomic mass is 10.1. The summed E-state index contributed by atoms with van der Waals surface area (Å²) in [6.45, 7) is 0. The molecule has 2 atom stereocenters. The van der Waals surface area contributed by atoms with Crippen LogP contribution in [-0.2, 0) is 22.4 Å². The van der Waals surface area contributed by atoms with Gasteiger partial charge in [-0.25, -0.2) is 4.79 Å². The molecular weight excluding hydrogens is 308 g/mol. The average molecular weight is 326 g/mol. The highest BCUT2D eigenvalue weighted by Crippen LogP contribution is 2.29. The number of hydrogen-bond donors (Lipinski definition) is 4. The van der Waals surface area contributed by atoms with E-state index in [1.54, 1.807) is 0 Å². The van der Waals surface area contributed by atoms with Crippen LogP contribution in [0.3, 0.4) is 0 Å². The maximum Gasteiger partial charge on any atom is 0.326 e. The van der Waals surface area contributed by atoms with Crippen LogP contribution in [0.1, 0.15) is 29.7 Å². The van der Waals surface area contributed by atoms with Gasteiger partial charge >= 0.3 is 5.97 Å². The molecule has 0 saturated carbocycles. The average Bonchev–Trinajstić information content (AvgIpc) is 3.21. The van der Waals surface area contributed by atoms with E-state index in [1.807, 2.05) is 18.2 Å². The molecule has 1 fully saturated rings. The fourth-order valence-corrected chi connectivity index (χ4v) is 3.18. The number of amides is 1. The molecule has 124 valence electrons. The molecule has 7 heteroatoms. The van der Waals surface area contributed by atoms with Crippen molar-refractivity contribution >= 4 is 22.8 Å². The van der Waals surface area contributed by atoms with E-state index >= 15 is 0 Å². The highest BCUT2D eigenvalue weighted by Gasteiger charge is 2.26. The molecule has 2 heterocycles. The monoisotopic (exact) mass is 326 g/mol. The van der Waals surface area contributed by atoms with Gasteiger partial charge in [0, 0.05) is 35.5 Å². The van der Waals surface area contributed by atoms with Crippen LogP contribution in [0.15, 0.2) is 18.2 Å². The van der Waals surface area contributed by atoms with Crippen molar-refractivity contribution in [2.45, 2.75) is 37.8 Å². The fraction of sp³-hybridized carbons (Fsp3) is 0.353. The van der Waals surface area contributed by atoms with E-state index in [0.717, 1.165) is 23.7 Å². The molecule has 1 aromatic carbocycles. The number of rotatable bonds is 1. The number of carboxylic acid groups (broad SMARTS) is 1. The number of carbonyl (C=O) groups is 2. The summed E-state index contributed by atoms with van der Waals surface area (Å²) in [6.07, 6.45) is 2.61. The van der Waals surface area contributed by atoms with Crippen molar-refractivity contribution < 1.29 is 14.7 Å². The minimum atomic E-state index is -0.944. The van der Waals surface area contributed by atoms with Gasteiger partial charge in [-0.15, -0.1) is 0 Å². The molecule has 1 aliphatic heterocycles. The maximum absolute atomic E-state index is 10.4. The van der Waals surface area contributed by atoms with Gasteiger partial charge in [-0.2, -0.15) is 5.26 Å². The molecule has 5 N–H and O–H groups in total. The van der Waals surface area contributed by atoms with E-state index in [0.29, 0.717) is 18.4 Å².